The number of fused-ring (bicyclic) bond motifs is 1. The van der Waals surface area contributed by atoms with Gasteiger partial charge in [-0.05, 0) is 25.5 Å². The lowest BCUT2D eigenvalue weighted by Gasteiger charge is -2.10. The van der Waals surface area contributed by atoms with Crippen molar-refractivity contribution >= 4 is 5.71 Å². The second-order valence-corrected chi connectivity index (χ2v) is 3.68. The van der Waals surface area contributed by atoms with Crippen LogP contribution in [0.4, 0.5) is 0 Å². The van der Waals surface area contributed by atoms with Gasteiger partial charge in [-0.2, -0.15) is 0 Å². The Balaban J connectivity index is 2.52. The van der Waals surface area contributed by atoms with Crippen molar-refractivity contribution in [3.8, 4) is 11.5 Å². The van der Waals surface area contributed by atoms with Crippen LogP contribution in [0.3, 0.4) is 0 Å². The van der Waals surface area contributed by atoms with Crippen molar-refractivity contribution in [2.45, 2.75) is 13.3 Å². The normalized spacial score (nSPS) is 13.6. The van der Waals surface area contributed by atoms with Crippen LogP contribution < -0.4 is 9.47 Å². The van der Waals surface area contributed by atoms with Crippen molar-refractivity contribution in [3.63, 3.8) is 0 Å². The van der Waals surface area contributed by atoms with Crippen LogP contribution >= 0.6 is 0 Å². The summed E-state index contributed by atoms with van der Waals surface area (Å²) < 4.78 is 10.8. The summed E-state index contributed by atoms with van der Waals surface area (Å²) in [4.78, 5) is 4.80. The predicted octanol–water partition coefficient (Wildman–Crippen LogP) is 2.51. The third-order valence-corrected chi connectivity index (χ3v) is 2.61. The van der Waals surface area contributed by atoms with E-state index in [-0.39, 0.29) is 6.79 Å². The van der Waals surface area contributed by atoms with Gasteiger partial charge in [-0.15, -0.1) is 6.58 Å². The molecule has 0 N–H and O–H groups in total. The molecule has 0 spiro atoms. The van der Waals surface area contributed by atoms with E-state index in [1.54, 1.807) is 0 Å². The first kappa shape index (κ1) is 11.5. The SMILES string of the molecule is C=CCc1c(/C(C)=N/OC)ccc2c1OCO2. The molecule has 4 heteroatoms. The highest BCUT2D eigenvalue weighted by Crippen LogP contribution is 2.38. The lowest BCUT2D eigenvalue weighted by Crippen LogP contribution is -2.02. The van der Waals surface area contributed by atoms with Crippen LogP contribution in [0.15, 0.2) is 29.9 Å². The molecule has 0 radical (unpaired) electrons. The van der Waals surface area contributed by atoms with Gasteiger partial charge in [0.2, 0.25) is 6.79 Å². The minimum absolute atomic E-state index is 0.267. The molecule has 0 bridgehead atoms. The highest BCUT2D eigenvalue weighted by molar-refractivity contribution is 6.00. The molecule has 17 heavy (non-hydrogen) atoms. The monoisotopic (exact) mass is 233 g/mol. The lowest BCUT2D eigenvalue weighted by atomic mass is 9.99. The van der Waals surface area contributed by atoms with Gasteiger partial charge < -0.3 is 14.3 Å². The van der Waals surface area contributed by atoms with Gasteiger partial charge in [-0.25, -0.2) is 0 Å². The molecule has 2 rings (SSSR count). The van der Waals surface area contributed by atoms with Crippen LogP contribution in [-0.2, 0) is 11.3 Å². The molecule has 1 aromatic rings. The number of benzene rings is 1. The predicted molar refractivity (Wildman–Crippen MR) is 65.7 cm³/mol. The van der Waals surface area contributed by atoms with Gasteiger partial charge in [0.05, 0.1) is 5.71 Å². The maximum absolute atomic E-state index is 5.49. The first-order valence-electron chi connectivity index (χ1n) is 5.38. The van der Waals surface area contributed by atoms with E-state index in [9.17, 15) is 0 Å². The Labute approximate surface area is 100 Å². The van der Waals surface area contributed by atoms with Gasteiger partial charge in [0.15, 0.2) is 11.5 Å². The fourth-order valence-electron chi connectivity index (χ4n) is 1.90. The minimum Gasteiger partial charge on any atom is -0.454 e. The standard InChI is InChI=1S/C13H15NO3/c1-4-5-11-10(9(2)14-15-3)6-7-12-13(11)17-8-16-12/h4,6-7H,1,5,8H2,2-3H3/b14-9+. The van der Waals surface area contributed by atoms with Gasteiger partial charge in [-0.1, -0.05) is 11.2 Å². The van der Waals surface area contributed by atoms with Crippen LogP contribution in [0.1, 0.15) is 18.1 Å². The molecule has 1 aliphatic heterocycles. The number of hydrogen-bond acceptors (Lipinski definition) is 4. The number of hydrogen-bond donors (Lipinski definition) is 0. The second kappa shape index (κ2) is 4.91. The Morgan fingerprint density at radius 2 is 2.35 bits per heavy atom. The van der Waals surface area contributed by atoms with Crippen molar-refractivity contribution in [1.82, 2.24) is 0 Å². The average molecular weight is 233 g/mol. The zero-order chi connectivity index (χ0) is 12.3. The summed E-state index contributed by atoms with van der Waals surface area (Å²) in [7, 11) is 1.53. The maximum Gasteiger partial charge on any atom is 0.231 e. The number of ether oxygens (including phenoxy) is 2. The van der Waals surface area contributed by atoms with Gasteiger partial charge in [0.25, 0.3) is 0 Å². The van der Waals surface area contributed by atoms with Crippen molar-refractivity contribution in [1.29, 1.82) is 0 Å². The first-order chi connectivity index (χ1) is 8.27. The summed E-state index contributed by atoms with van der Waals surface area (Å²) in [6.07, 6.45) is 2.54. The molecule has 0 atom stereocenters. The molecule has 90 valence electrons. The van der Waals surface area contributed by atoms with Crippen LogP contribution in [-0.4, -0.2) is 19.6 Å². The first-order valence-corrected chi connectivity index (χ1v) is 5.38. The number of oxime groups is 1. The van der Waals surface area contributed by atoms with Gasteiger partial charge in [0, 0.05) is 11.1 Å². The molecule has 1 aliphatic rings. The zero-order valence-electron chi connectivity index (χ0n) is 10.0. The van der Waals surface area contributed by atoms with E-state index in [0.29, 0.717) is 6.42 Å². The highest BCUT2D eigenvalue weighted by Gasteiger charge is 2.21. The van der Waals surface area contributed by atoms with Gasteiger partial charge >= 0.3 is 0 Å². The van der Waals surface area contributed by atoms with E-state index in [2.05, 4.69) is 11.7 Å². The number of nitrogens with zero attached hydrogens (tertiary/aromatic N) is 1. The molecule has 0 unspecified atom stereocenters. The smallest absolute Gasteiger partial charge is 0.231 e. The molecule has 0 saturated carbocycles. The Morgan fingerprint density at radius 3 is 3.06 bits per heavy atom. The summed E-state index contributed by atoms with van der Waals surface area (Å²) in [6, 6.07) is 3.85. The summed E-state index contributed by atoms with van der Waals surface area (Å²) in [5.74, 6) is 1.56. The molecular weight excluding hydrogens is 218 g/mol. The fraction of sp³-hybridized carbons (Fsp3) is 0.308. The molecular formula is C13H15NO3. The van der Waals surface area contributed by atoms with Crippen molar-refractivity contribution < 1.29 is 14.3 Å². The van der Waals surface area contributed by atoms with Gasteiger partial charge in [-0.3, -0.25) is 0 Å². The Hall–Kier alpha value is -1.97. The molecule has 0 aliphatic carbocycles. The van der Waals surface area contributed by atoms with Crippen LogP contribution in [0.5, 0.6) is 11.5 Å². The Bertz CT molecular complexity index is 466. The third-order valence-electron chi connectivity index (χ3n) is 2.61. The Kier molecular flexibility index (Phi) is 3.32. The number of allylic oxidation sites excluding steroid dienone is 1. The zero-order valence-corrected chi connectivity index (χ0v) is 10.0. The highest BCUT2D eigenvalue weighted by atomic mass is 16.7. The summed E-state index contributed by atoms with van der Waals surface area (Å²) in [5.41, 5.74) is 2.84. The van der Waals surface area contributed by atoms with Gasteiger partial charge in [0.1, 0.15) is 7.11 Å². The molecule has 1 heterocycles. The average Bonchev–Trinajstić information content (AvgIpc) is 2.78. The van der Waals surface area contributed by atoms with Crippen LogP contribution in [0, 0.1) is 0 Å². The Morgan fingerprint density at radius 1 is 1.53 bits per heavy atom. The van der Waals surface area contributed by atoms with E-state index in [0.717, 1.165) is 28.3 Å². The van der Waals surface area contributed by atoms with Crippen LogP contribution in [0.25, 0.3) is 0 Å². The topological polar surface area (TPSA) is 40.0 Å². The molecule has 0 fully saturated rings. The maximum atomic E-state index is 5.49. The van der Waals surface area contributed by atoms with Crippen LogP contribution in [0.2, 0.25) is 0 Å². The lowest BCUT2D eigenvalue weighted by molar-refractivity contribution is 0.173. The second-order valence-electron chi connectivity index (χ2n) is 3.68. The minimum atomic E-state index is 0.267. The fourth-order valence-corrected chi connectivity index (χ4v) is 1.90. The van der Waals surface area contributed by atoms with Crippen molar-refractivity contribution in [3.05, 3.63) is 35.9 Å². The summed E-state index contributed by atoms with van der Waals surface area (Å²) in [5, 5.41) is 3.95. The van der Waals surface area contributed by atoms with Crippen molar-refractivity contribution in [2.24, 2.45) is 5.16 Å². The molecule has 1 aromatic carbocycles. The molecule has 0 saturated heterocycles. The quantitative estimate of drug-likeness (QED) is 0.456. The largest absolute Gasteiger partial charge is 0.454 e. The third kappa shape index (κ3) is 2.11. The van der Waals surface area contributed by atoms with E-state index in [1.165, 1.54) is 7.11 Å². The summed E-state index contributed by atoms with van der Waals surface area (Å²) >= 11 is 0. The van der Waals surface area contributed by atoms with E-state index in [4.69, 9.17) is 14.3 Å². The molecule has 0 amide bonds. The number of rotatable bonds is 4. The molecule has 0 aromatic heterocycles. The van der Waals surface area contributed by atoms with E-state index < -0.39 is 0 Å². The van der Waals surface area contributed by atoms with E-state index >= 15 is 0 Å². The van der Waals surface area contributed by atoms with E-state index in [1.807, 2.05) is 25.1 Å². The summed E-state index contributed by atoms with van der Waals surface area (Å²) in [6.45, 7) is 5.92. The molecule has 4 nitrogen and oxygen atoms in total. The van der Waals surface area contributed by atoms with Crippen molar-refractivity contribution in [2.75, 3.05) is 13.9 Å².